The van der Waals surface area contributed by atoms with Crippen molar-refractivity contribution in [3.05, 3.63) is 140 Å². The van der Waals surface area contributed by atoms with Crippen LogP contribution < -0.4 is 37.6 Å². The number of nitrogens with zero attached hydrogens (tertiary/aromatic N) is 2. The van der Waals surface area contributed by atoms with Crippen molar-refractivity contribution in [1.82, 2.24) is 31.2 Å². The first-order chi connectivity index (χ1) is 33.3. The van der Waals surface area contributed by atoms with Gasteiger partial charge in [-0.05, 0) is 76.9 Å². The van der Waals surface area contributed by atoms with Gasteiger partial charge < -0.3 is 52.6 Å². The molecule has 0 spiro atoms. The van der Waals surface area contributed by atoms with E-state index >= 15 is 0 Å². The third-order valence-corrected chi connectivity index (χ3v) is 13.9. The van der Waals surface area contributed by atoms with Crippen molar-refractivity contribution in [2.24, 2.45) is 5.73 Å². The van der Waals surface area contributed by atoms with Crippen molar-refractivity contribution in [2.75, 3.05) is 30.3 Å². The number of phenolic OH excluding ortho intramolecular Hbond substituents is 2. The SMILES string of the molecule is C[C@@H]1NC(=O)[C@H](C)NC(=O)[C@@H](NC(=O)OCC2c3ccccc3-c3ccccc32)Cc2ccc(O)c(c2)Cc2cnc(s2)NCCCNc2ncc(s2)Cc2cc(ccc2O)C[C@@H](C(N)=O)NC1=O. The van der Waals surface area contributed by atoms with E-state index in [0.717, 1.165) is 43.6 Å². The highest BCUT2D eigenvalue weighted by atomic mass is 32.1. The summed E-state index contributed by atoms with van der Waals surface area (Å²) >= 11 is 2.91. The largest absolute Gasteiger partial charge is 0.508 e. The fourth-order valence-corrected chi connectivity index (χ4v) is 10.1. The molecular formula is C50H53N9O8S2. The Morgan fingerprint density at radius 1 is 0.710 bits per heavy atom. The lowest BCUT2D eigenvalue weighted by Crippen LogP contribution is -2.57. The summed E-state index contributed by atoms with van der Waals surface area (Å²) in [7, 11) is 0. The zero-order valence-electron chi connectivity index (χ0n) is 37.9. The van der Waals surface area contributed by atoms with Crippen LogP contribution >= 0.6 is 22.7 Å². The lowest BCUT2D eigenvalue weighted by Gasteiger charge is -2.24. The molecule has 4 atom stereocenters. The van der Waals surface area contributed by atoms with Crippen molar-refractivity contribution in [2.45, 2.75) is 76.0 Å². The predicted molar refractivity (Wildman–Crippen MR) is 263 cm³/mol. The number of hydrogen-bond donors (Lipinski definition) is 9. The first kappa shape index (κ1) is 48.0. The highest BCUT2D eigenvalue weighted by Gasteiger charge is 2.32. The molecule has 0 saturated carbocycles. The Morgan fingerprint density at radius 2 is 1.22 bits per heavy atom. The van der Waals surface area contributed by atoms with Gasteiger partial charge in [-0.1, -0.05) is 72.8 Å². The number of alkyl carbamates (subject to hydrolysis) is 1. The van der Waals surface area contributed by atoms with Crippen LogP contribution in [-0.4, -0.2) is 93.8 Å². The number of thiazole rings is 2. The summed E-state index contributed by atoms with van der Waals surface area (Å²) in [6.45, 7) is 4.12. The zero-order valence-corrected chi connectivity index (χ0v) is 39.5. The molecule has 5 amide bonds. The first-order valence-electron chi connectivity index (χ1n) is 22.6. The average Bonchev–Trinajstić information content (AvgIpc) is 4.07. The van der Waals surface area contributed by atoms with Gasteiger partial charge in [0.2, 0.25) is 23.6 Å². The Kier molecular flexibility index (Phi) is 15.0. The summed E-state index contributed by atoms with van der Waals surface area (Å²) in [5, 5.41) is 40.4. The van der Waals surface area contributed by atoms with Gasteiger partial charge in [-0.3, -0.25) is 19.2 Å². The van der Waals surface area contributed by atoms with Gasteiger partial charge in [0.15, 0.2) is 10.3 Å². The third kappa shape index (κ3) is 12.0. The van der Waals surface area contributed by atoms with Crippen LogP contribution in [0.4, 0.5) is 15.1 Å². The standard InChI is InChI=1S/C50H53N9O8S2/c1-27-45(63)56-28(2)46(64)58-40(44(51)62)20-29-12-14-42(60)31(18-29)22-33-24-54-48(68-33)52-16-7-17-53-49-55-25-34(69-49)23-32-19-30(13-15-43(32)61)21-41(47(65)57-27)59-50(66)67-26-39-37-10-5-3-8-35(37)36-9-4-6-11-38(36)39/h3-6,8-15,18-19,24-25,27-28,39-41,60-61H,7,16-17,20-23,26H2,1-2H3,(H2,51,62)(H,52,54)(H,53,55)(H,56,63)(H,57,65)(H,58,64)(H,59,66)/t27-,28-,40-,41-/m0/s1. The van der Waals surface area contributed by atoms with Gasteiger partial charge in [0.25, 0.3) is 0 Å². The lowest BCUT2D eigenvalue weighted by atomic mass is 9.98. The molecule has 0 unspecified atom stereocenters. The van der Waals surface area contributed by atoms with Gasteiger partial charge in [0.1, 0.15) is 42.3 Å². The minimum Gasteiger partial charge on any atom is -0.508 e. The summed E-state index contributed by atoms with van der Waals surface area (Å²) in [6, 6.07) is 20.9. The highest BCUT2D eigenvalue weighted by molar-refractivity contribution is 7.15. The number of primary amides is 1. The fourth-order valence-electron chi connectivity index (χ4n) is 8.38. The molecule has 6 aromatic rings. The number of fused-ring (bicyclic) bond motifs is 11. The molecule has 8 bridgehead atoms. The molecule has 2 aliphatic rings. The van der Waals surface area contributed by atoms with Crippen molar-refractivity contribution in [1.29, 1.82) is 0 Å². The molecule has 1 aliphatic carbocycles. The number of nitrogens with two attached hydrogens (primary N) is 1. The maximum Gasteiger partial charge on any atom is 0.407 e. The second-order valence-electron chi connectivity index (χ2n) is 17.1. The number of benzene rings is 4. The summed E-state index contributed by atoms with van der Waals surface area (Å²) in [6.07, 6.45) is 4.06. The highest BCUT2D eigenvalue weighted by Crippen LogP contribution is 2.44. The summed E-state index contributed by atoms with van der Waals surface area (Å²) in [4.78, 5) is 78.1. The van der Waals surface area contributed by atoms with E-state index in [2.05, 4.69) is 41.9 Å². The van der Waals surface area contributed by atoms with Gasteiger partial charge in [-0.2, -0.15) is 0 Å². The molecule has 19 heteroatoms. The molecule has 8 rings (SSSR count). The van der Waals surface area contributed by atoms with E-state index in [1.165, 1.54) is 48.7 Å². The maximum atomic E-state index is 14.1. The number of aromatic hydroxyl groups is 2. The van der Waals surface area contributed by atoms with Gasteiger partial charge in [-0.15, -0.1) is 22.7 Å². The molecule has 4 aromatic carbocycles. The smallest absolute Gasteiger partial charge is 0.407 e. The van der Waals surface area contributed by atoms with Gasteiger partial charge >= 0.3 is 6.09 Å². The quantitative estimate of drug-likeness (QED) is 0.112. The lowest BCUT2D eigenvalue weighted by molar-refractivity contribution is -0.133. The normalized spacial score (nSPS) is 19.4. The zero-order chi connectivity index (χ0) is 48.6. The van der Waals surface area contributed by atoms with Crippen LogP contribution in [0.25, 0.3) is 11.1 Å². The number of ether oxygens (including phenoxy) is 1. The van der Waals surface area contributed by atoms with Gasteiger partial charge in [0.05, 0.1) is 0 Å². The van der Waals surface area contributed by atoms with Gasteiger partial charge in [-0.25, -0.2) is 14.8 Å². The van der Waals surface area contributed by atoms with Crippen LogP contribution in [0.1, 0.15) is 69.3 Å². The minimum absolute atomic E-state index is 0.00115. The Morgan fingerprint density at radius 3 is 1.77 bits per heavy atom. The molecule has 0 saturated heterocycles. The number of rotatable bonds is 4. The topological polar surface area (TPSA) is 259 Å². The van der Waals surface area contributed by atoms with Gasteiger partial charge in [0, 0.05) is 66.8 Å². The number of hydrogen-bond acceptors (Lipinski definition) is 14. The second-order valence-corrected chi connectivity index (χ2v) is 19.3. The predicted octanol–water partition coefficient (Wildman–Crippen LogP) is 5.09. The molecule has 69 heavy (non-hydrogen) atoms. The molecule has 358 valence electrons. The molecule has 0 fully saturated rings. The van der Waals surface area contributed by atoms with E-state index in [-0.39, 0.29) is 36.9 Å². The monoisotopic (exact) mass is 971 g/mol. The number of nitrogens with one attached hydrogen (secondary N) is 6. The number of aromatic nitrogens is 2. The molecule has 3 heterocycles. The van der Waals surface area contributed by atoms with Crippen LogP contribution in [0.5, 0.6) is 11.5 Å². The number of carbonyl (C=O) groups excluding carboxylic acids is 5. The number of amides is 5. The molecular weight excluding hydrogens is 919 g/mol. The van der Waals surface area contributed by atoms with E-state index in [1.54, 1.807) is 36.7 Å². The summed E-state index contributed by atoms with van der Waals surface area (Å²) < 4.78 is 5.82. The van der Waals surface area contributed by atoms with Crippen LogP contribution in [0.3, 0.4) is 0 Å². The van der Waals surface area contributed by atoms with Crippen LogP contribution in [-0.2, 0) is 49.6 Å². The van der Waals surface area contributed by atoms with Crippen molar-refractivity contribution < 1.29 is 38.9 Å². The van der Waals surface area contributed by atoms with Crippen LogP contribution in [0.15, 0.2) is 97.3 Å². The Labute approximate surface area is 406 Å². The fraction of sp³-hybridized carbons (Fsp3) is 0.300. The van der Waals surface area contributed by atoms with Crippen molar-refractivity contribution in [3.8, 4) is 22.6 Å². The van der Waals surface area contributed by atoms with Crippen LogP contribution in [0, 0.1) is 0 Å². The summed E-state index contributed by atoms with van der Waals surface area (Å²) in [5.41, 5.74) is 12.3. The molecule has 2 aromatic heterocycles. The summed E-state index contributed by atoms with van der Waals surface area (Å²) in [5.74, 6) is -3.07. The second kappa shape index (κ2) is 21.6. The van der Waals surface area contributed by atoms with E-state index in [4.69, 9.17) is 10.5 Å². The molecule has 1 aliphatic heterocycles. The number of phenols is 2. The third-order valence-electron chi connectivity index (χ3n) is 12.0. The molecule has 10 N–H and O–H groups in total. The van der Waals surface area contributed by atoms with E-state index in [0.29, 0.717) is 53.3 Å². The Balaban J connectivity index is 1.01. The average molecular weight is 972 g/mol. The Bertz CT molecular complexity index is 2820. The first-order valence-corrected chi connectivity index (χ1v) is 24.2. The molecule has 0 radical (unpaired) electrons. The maximum absolute atomic E-state index is 14.1. The van der Waals surface area contributed by atoms with Crippen LogP contribution in [0.2, 0.25) is 0 Å². The molecule has 17 nitrogen and oxygen atoms in total. The van der Waals surface area contributed by atoms with E-state index in [1.807, 2.05) is 48.5 Å². The minimum atomic E-state index is -1.25. The Hall–Kier alpha value is -7.51. The van der Waals surface area contributed by atoms with Crippen molar-refractivity contribution in [3.63, 3.8) is 0 Å². The number of carbonyl (C=O) groups is 5. The van der Waals surface area contributed by atoms with E-state index in [9.17, 15) is 34.2 Å². The van der Waals surface area contributed by atoms with E-state index < -0.39 is 53.9 Å². The van der Waals surface area contributed by atoms with Crippen molar-refractivity contribution >= 4 is 62.7 Å². The number of anilines is 2.